The summed E-state index contributed by atoms with van der Waals surface area (Å²) in [5, 5.41) is 0. The first-order valence-corrected chi connectivity index (χ1v) is 7.30. The van der Waals surface area contributed by atoms with Crippen LogP contribution >= 0.6 is 0 Å². The number of hydrogen-bond acceptors (Lipinski definition) is 4. The Morgan fingerprint density at radius 2 is 1.67 bits per heavy atom. The average Bonchev–Trinajstić information content (AvgIpc) is 1.99. The van der Waals surface area contributed by atoms with E-state index in [0.29, 0.717) is 26.1 Å². The van der Waals surface area contributed by atoms with Gasteiger partial charge in [0, 0.05) is 19.5 Å². The van der Waals surface area contributed by atoms with Gasteiger partial charge in [-0.25, -0.2) is 8.42 Å². The maximum atomic E-state index is 11.8. The van der Waals surface area contributed by atoms with E-state index < -0.39 is 20.9 Å². The molecule has 0 unspecified atom stereocenters. The second-order valence-electron chi connectivity index (χ2n) is 3.93. The molecule has 0 spiro atoms. The Balaban J connectivity index is 2.87. The lowest BCUT2D eigenvalue weighted by Gasteiger charge is -2.44. The van der Waals surface area contributed by atoms with E-state index in [4.69, 9.17) is 9.47 Å². The van der Waals surface area contributed by atoms with Gasteiger partial charge in [0.25, 0.3) is 0 Å². The maximum absolute atomic E-state index is 11.8. The van der Waals surface area contributed by atoms with E-state index >= 15 is 0 Å². The van der Waals surface area contributed by atoms with Crippen LogP contribution in [0, 0.1) is 0 Å². The molecule has 15 heavy (non-hydrogen) atoms. The molecule has 5 heteroatoms. The van der Waals surface area contributed by atoms with E-state index in [0.717, 1.165) is 6.42 Å². The number of hydrogen-bond donors (Lipinski definition) is 0. The van der Waals surface area contributed by atoms with E-state index in [-0.39, 0.29) is 0 Å². The Labute approximate surface area is 91.9 Å². The van der Waals surface area contributed by atoms with Crippen molar-refractivity contribution in [2.24, 2.45) is 0 Å². The number of ether oxygens (including phenoxy) is 2. The van der Waals surface area contributed by atoms with Crippen LogP contribution in [0.25, 0.3) is 0 Å². The third kappa shape index (κ3) is 2.34. The lowest BCUT2D eigenvalue weighted by atomic mass is 9.83. The summed E-state index contributed by atoms with van der Waals surface area (Å²) in [5.74, 6) is 0. The van der Waals surface area contributed by atoms with Crippen molar-refractivity contribution in [3.8, 4) is 0 Å². The van der Waals surface area contributed by atoms with Crippen LogP contribution in [-0.2, 0) is 19.3 Å². The smallest absolute Gasteiger partial charge is 0.176 e. The van der Waals surface area contributed by atoms with Gasteiger partial charge in [-0.1, -0.05) is 0 Å². The summed E-state index contributed by atoms with van der Waals surface area (Å²) < 4.78 is 33.6. The van der Waals surface area contributed by atoms with E-state index in [2.05, 4.69) is 0 Å². The van der Waals surface area contributed by atoms with E-state index in [1.807, 2.05) is 13.8 Å². The van der Waals surface area contributed by atoms with Crippen LogP contribution in [0.4, 0.5) is 0 Å². The molecule has 90 valence electrons. The van der Waals surface area contributed by atoms with Gasteiger partial charge in [0.05, 0.1) is 0 Å². The monoisotopic (exact) mass is 236 g/mol. The van der Waals surface area contributed by atoms with Crippen molar-refractivity contribution < 1.29 is 17.9 Å². The third-order valence-electron chi connectivity index (χ3n) is 3.00. The predicted octanol–water partition coefficient (Wildman–Crippen LogP) is 1.35. The first-order valence-electron chi connectivity index (χ1n) is 5.40. The fourth-order valence-electron chi connectivity index (χ4n) is 1.96. The highest BCUT2D eigenvalue weighted by Crippen LogP contribution is 2.43. The Morgan fingerprint density at radius 3 is 1.87 bits per heavy atom. The van der Waals surface area contributed by atoms with E-state index in [9.17, 15) is 8.42 Å². The molecule has 1 aliphatic carbocycles. The van der Waals surface area contributed by atoms with Crippen molar-refractivity contribution in [3.05, 3.63) is 0 Å². The zero-order valence-electron chi connectivity index (χ0n) is 9.65. The van der Waals surface area contributed by atoms with E-state index in [1.165, 1.54) is 6.26 Å². The van der Waals surface area contributed by atoms with Crippen LogP contribution in [0.2, 0.25) is 0 Å². The van der Waals surface area contributed by atoms with Crippen molar-refractivity contribution >= 4 is 9.84 Å². The lowest BCUT2D eigenvalue weighted by Crippen LogP contribution is -2.56. The van der Waals surface area contributed by atoms with Crippen molar-refractivity contribution in [3.63, 3.8) is 0 Å². The topological polar surface area (TPSA) is 52.6 Å². The fraction of sp³-hybridized carbons (Fsp3) is 1.00. The van der Waals surface area contributed by atoms with Crippen LogP contribution in [0.5, 0.6) is 0 Å². The lowest BCUT2D eigenvalue weighted by molar-refractivity contribution is -0.170. The van der Waals surface area contributed by atoms with Crippen LogP contribution < -0.4 is 0 Å². The van der Waals surface area contributed by atoms with Gasteiger partial charge < -0.3 is 9.47 Å². The van der Waals surface area contributed by atoms with Gasteiger partial charge in [0.2, 0.25) is 0 Å². The molecule has 0 heterocycles. The van der Waals surface area contributed by atoms with E-state index in [1.54, 1.807) is 0 Å². The van der Waals surface area contributed by atoms with Gasteiger partial charge in [-0.05, 0) is 33.1 Å². The van der Waals surface area contributed by atoms with Crippen molar-refractivity contribution in [1.29, 1.82) is 0 Å². The minimum absolute atomic E-state index is 0.474. The van der Waals surface area contributed by atoms with Crippen LogP contribution in [0.15, 0.2) is 0 Å². The zero-order chi connectivity index (χ0) is 11.5. The van der Waals surface area contributed by atoms with Crippen LogP contribution in [-0.4, -0.2) is 38.9 Å². The molecule has 1 fully saturated rings. The molecule has 0 aromatic carbocycles. The van der Waals surface area contributed by atoms with Crippen molar-refractivity contribution in [2.75, 3.05) is 19.5 Å². The minimum atomic E-state index is -3.12. The summed E-state index contributed by atoms with van der Waals surface area (Å²) in [6.07, 6.45) is 2.91. The Kier molecular flexibility index (Phi) is 4.14. The Morgan fingerprint density at radius 1 is 1.20 bits per heavy atom. The molecule has 0 aromatic heterocycles. The standard InChI is InChI=1S/C10H20O4S/c1-4-13-9(14-5-2)10(7-6-8-10)15(3,11)12/h9H,4-8H2,1-3H3. The predicted molar refractivity (Wildman–Crippen MR) is 58.5 cm³/mol. The summed E-state index contributed by atoms with van der Waals surface area (Å²) in [6, 6.07) is 0. The maximum Gasteiger partial charge on any atom is 0.176 e. The fourth-order valence-corrected chi connectivity index (χ4v) is 3.48. The molecule has 1 rings (SSSR count). The summed E-state index contributed by atoms with van der Waals surface area (Å²) >= 11 is 0. The third-order valence-corrected chi connectivity index (χ3v) is 5.08. The molecule has 0 aromatic rings. The largest absolute Gasteiger partial charge is 0.351 e. The zero-order valence-corrected chi connectivity index (χ0v) is 10.5. The van der Waals surface area contributed by atoms with Gasteiger partial charge >= 0.3 is 0 Å². The summed E-state index contributed by atoms with van der Waals surface area (Å²) in [6.45, 7) is 4.64. The van der Waals surface area contributed by atoms with Gasteiger partial charge in [0.1, 0.15) is 4.75 Å². The van der Waals surface area contributed by atoms with Gasteiger partial charge in [-0.2, -0.15) is 0 Å². The molecule has 0 aliphatic heterocycles. The van der Waals surface area contributed by atoms with Crippen LogP contribution in [0.3, 0.4) is 0 Å². The summed E-state index contributed by atoms with van der Waals surface area (Å²) in [4.78, 5) is 0. The molecular weight excluding hydrogens is 216 g/mol. The molecule has 0 N–H and O–H groups in total. The molecule has 0 amide bonds. The molecule has 0 radical (unpaired) electrons. The summed E-state index contributed by atoms with van der Waals surface area (Å²) in [5.41, 5.74) is 0. The average molecular weight is 236 g/mol. The highest BCUT2D eigenvalue weighted by molar-refractivity contribution is 7.92. The number of rotatable bonds is 6. The van der Waals surface area contributed by atoms with Crippen LogP contribution in [0.1, 0.15) is 33.1 Å². The highest BCUT2D eigenvalue weighted by Gasteiger charge is 2.53. The van der Waals surface area contributed by atoms with Gasteiger partial charge in [-0.3, -0.25) is 0 Å². The molecule has 0 bridgehead atoms. The first kappa shape index (κ1) is 12.9. The Bertz CT molecular complexity index is 287. The second-order valence-corrected chi connectivity index (χ2v) is 6.29. The molecule has 1 aliphatic rings. The molecule has 0 atom stereocenters. The van der Waals surface area contributed by atoms with Crippen molar-refractivity contribution in [2.45, 2.75) is 44.1 Å². The minimum Gasteiger partial charge on any atom is -0.351 e. The second kappa shape index (κ2) is 4.80. The quantitative estimate of drug-likeness (QED) is 0.653. The first-order chi connectivity index (χ1) is 6.98. The van der Waals surface area contributed by atoms with Crippen molar-refractivity contribution in [1.82, 2.24) is 0 Å². The number of sulfone groups is 1. The van der Waals surface area contributed by atoms with Gasteiger partial charge in [-0.15, -0.1) is 0 Å². The Hall–Kier alpha value is -0.130. The highest BCUT2D eigenvalue weighted by atomic mass is 32.2. The molecule has 4 nitrogen and oxygen atoms in total. The molecule has 0 saturated heterocycles. The normalized spacial score (nSPS) is 20.3. The van der Waals surface area contributed by atoms with Gasteiger partial charge in [0.15, 0.2) is 16.1 Å². The SMILES string of the molecule is CCOC(OCC)C1(S(C)(=O)=O)CCC1. The summed E-state index contributed by atoms with van der Waals surface area (Å²) in [7, 11) is -3.12. The molecule has 1 saturated carbocycles. The molecular formula is C10H20O4S.